The number of ether oxygens (including phenoxy) is 1. The Morgan fingerprint density at radius 2 is 1.89 bits per heavy atom. The van der Waals surface area contributed by atoms with Gasteiger partial charge in [-0.2, -0.15) is 0 Å². The number of aromatic nitrogens is 1. The molecule has 11 nitrogen and oxygen atoms in total. The third-order valence-electron chi connectivity index (χ3n) is 9.99. The molecule has 3 aliphatic rings. The minimum absolute atomic E-state index is 0.0755. The number of rotatable bonds is 8. The van der Waals surface area contributed by atoms with E-state index < -0.39 is 31.5 Å². The number of likely N-dealkylation sites (tertiary alicyclic amines) is 1. The summed E-state index contributed by atoms with van der Waals surface area (Å²) in [5.41, 5.74) is 0.784. The predicted molar refractivity (Wildman–Crippen MR) is 175 cm³/mol. The van der Waals surface area contributed by atoms with E-state index in [-0.39, 0.29) is 29.3 Å². The number of fused-ring (bicyclic) bond motifs is 2. The van der Waals surface area contributed by atoms with Gasteiger partial charge in [-0.3, -0.25) is 23.9 Å². The predicted octanol–water partition coefficient (Wildman–Crippen LogP) is 4.99. The summed E-state index contributed by atoms with van der Waals surface area (Å²) >= 11 is 1.15. The summed E-state index contributed by atoms with van der Waals surface area (Å²) in [7, 11) is -3.38. The Bertz CT molecular complexity index is 1720. The molecule has 5 heterocycles. The standard InChI is InChI=1S/C33H40FN4O7PS/c1-18(2)19-4-7-25(36-31(39)29-14-21-12-20(5-9-28(21)47-29)30(34)46(42,43)44)32(40)38-23(13-19)6-8-26(38)33(41)37-16-22(17-37)24-15-35-11-10-27(24)45-3/h5,9-12,14-15,18-19,22-23,25-26,30H,4,6-8,13,16-17H2,1-3H3,(H,36,39)(H2,42,43,44)/t19-,23-,25+,26+,30?/m1/s1. The van der Waals surface area contributed by atoms with E-state index in [4.69, 9.17) is 4.74 Å². The molecule has 47 heavy (non-hydrogen) atoms. The zero-order valence-corrected chi connectivity index (χ0v) is 28.3. The van der Waals surface area contributed by atoms with Crippen molar-refractivity contribution in [1.82, 2.24) is 20.1 Å². The van der Waals surface area contributed by atoms with Gasteiger partial charge in [-0.15, -0.1) is 11.3 Å². The summed E-state index contributed by atoms with van der Waals surface area (Å²) in [6.45, 7) is 5.36. The molecule has 0 spiro atoms. The molecule has 252 valence electrons. The van der Waals surface area contributed by atoms with Gasteiger partial charge in [0.25, 0.3) is 5.91 Å². The van der Waals surface area contributed by atoms with Crippen LogP contribution in [0.25, 0.3) is 10.1 Å². The van der Waals surface area contributed by atoms with Gasteiger partial charge in [0.05, 0.1) is 12.0 Å². The highest BCUT2D eigenvalue weighted by Crippen LogP contribution is 2.53. The van der Waals surface area contributed by atoms with E-state index in [1.165, 1.54) is 24.3 Å². The van der Waals surface area contributed by atoms with Crippen molar-refractivity contribution in [2.45, 2.75) is 75.9 Å². The number of amides is 3. The van der Waals surface area contributed by atoms with Crippen molar-refractivity contribution in [1.29, 1.82) is 0 Å². The number of hydrogen-bond donors (Lipinski definition) is 3. The molecule has 3 aliphatic heterocycles. The third-order valence-corrected chi connectivity index (χ3v) is 12.0. The van der Waals surface area contributed by atoms with Crippen LogP contribution in [0.1, 0.15) is 78.6 Å². The van der Waals surface area contributed by atoms with Crippen LogP contribution in [0, 0.1) is 11.8 Å². The molecular formula is C33H40FN4O7PS. The van der Waals surface area contributed by atoms with E-state index in [1.807, 2.05) is 6.07 Å². The van der Waals surface area contributed by atoms with Gasteiger partial charge < -0.3 is 29.6 Å². The van der Waals surface area contributed by atoms with Gasteiger partial charge in [0.1, 0.15) is 17.8 Å². The van der Waals surface area contributed by atoms with Crippen LogP contribution in [-0.4, -0.2) is 80.6 Å². The second kappa shape index (κ2) is 13.3. The molecule has 6 rings (SSSR count). The molecular weight excluding hydrogens is 646 g/mol. The molecule has 14 heteroatoms. The summed E-state index contributed by atoms with van der Waals surface area (Å²) in [6.07, 6.45) is 6.74. The van der Waals surface area contributed by atoms with Crippen molar-refractivity contribution in [3.63, 3.8) is 0 Å². The second-order valence-corrected chi connectivity index (χ2v) is 15.9. The highest BCUT2D eigenvalue weighted by Gasteiger charge is 2.48. The number of pyridine rings is 1. The van der Waals surface area contributed by atoms with Gasteiger partial charge in [0.15, 0.2) is 0 Å². The highest BCUT2D eigenvalue weighted by molar-refractivity contribution is 7.51. The Hall–Kier alpha value is -3.38. The van der Waals surface area contributed by atoms with Crippen LogP contribution in [0.5, 0.6) is 5.75 Å². The molecule has 2 aromatic heterocycles. The fourth-order valence-corrected chi connectivity index (χ4v) is 8.77. The van der Waals surface area contributed by atoms with Gasteiger partial charge in [-0.25, -0.2) is 4.39 Å². The average Bonchev–Trinajstić information content (AvgIpc) is 3.63. The molecule has 1 unspecified atom stereocenters. The Kier molecular flexibility index (Phi) is 9.46. The lowest BCUT2D eigenvalue weighted by atomic mass is 9.82. The van der Waals surface area contributed by atoms with Gasteiger partial charge >= 0.3 is 7.60 Å². The number of nitrogens with zero attached hydrogens (tertiary/aromatic N) is 3. The molecule has 0 saturated carbocycles. The van der Waals surface area contributed by atoms with Gasteiger partial charge in [0, 0.05) is 47.7 Å². The minimum Gasteiger partial charge on any atom is -0.496 e. The minimum atomic E-state index is -4.99. The molecule has 0 aliphatic carbocycles. The number of carbonyl (C=O) groups excluding carboxylic acids is 3. The maximum absolute atomic E-state index is 14.3. The maximum Gasteiger partial charge on any atom is 0.363 e. The Morgan fingerprint density at radius 3 is 2.60 bits per heavy atom. The van der Waals surface area contributed by atoms with E-state index in [0.29, 0.717) is 52.7 Å². The lowest BCUT2D eigenvalue weighted by molar-refractivity contribution is -0.150. The van der Waals surface area contributed by atoms with Crippen LogP contribution >= 0.6 is 18.9 Å². The lowest BCUT2D eigenvalue weighted by Gasteiger charge is -2.44. The molecule has 0 bridgehead atoms. The number of halogens is 1. The molecule has 1 aromatic carbocycles. The maximum atomic E-state index is 14.3. The quantitative estimate of drug-likeness (QED) is 0.281. The fraction of sp³-hybridized carbons (Fsp3) is 0.515. The van der Waals surface area contributed by atoms with E-state index in [0.717, 1.165) is 41.9 Å². The second-order valence-electron chi connectivity index (χ2n) is 13.2. The smallest absolute Gasteiger partial charge is 0.363 e. The van der Waals surface area contributed by atoms with Crippen LogP contribution in [-0.2, 0) is 14.2 Å². The zero-order valence-electron chi connectivity index (χ0n) is 26.5. The largest absolute Gasteiger partial charge is 0.496 e. The molecule has 3 saturated heterocycles. The lowest BCUT2D eigenvalue weighted by Crippen LogP contribution is -2.60. The molecule has 5 atom stereocenters. The first-order valence-corrected chi connectivity index (χ1v) is 18.5. The van der Waals surface area contributed by atoms with Crippen LogP contribution in [0.2, 0.25) is 0 Å². The summed E-state index contributed by atoms with van der Waals surface area (Å²) in [4.78, 5) is 68.2. The topological polar surface area (TPSA) is 149 Å². The third kappa shape index (κ3) is 6.68. The van der Waals surface area contributed by atoms with Crippen molar-refractivity contribution in [3.05, 3.63) is 58.7 Å². The number of carbonyl (C=O) groups is 3. The molecule has 3 amide bonds. The van der Waals surface area contributed by atoms with E-state index in [2.05, 4.69) is 24.1 Å². The Labute approximate surface area is 276 Å². The summed E-state index contributed by atoms with van der Waals surface area (Å²) in [5, 5.41) is 3.41. The number of thiophene rings is 1. The SMILES string of the molecule is COc1ccncc1C1CN(C(=O)[C@@H]2CC[C@@H]3C[C@H](C(C)C)CC[C@H](NC(=O)c4cc5cc(C(F)P(=O)(O)O)ccc5s4)C(=O)N32)C1. The van der Waals surface area contributed by atoms with Crippen LogP contribution in [0.15, 0.2) is 42.7 Å². The van der Waals surface area contributed by atoms with Crippen molar-refractivity contribution < 1.29 is 37.9 Å². The molecule has 0 radical (unpaired) electrons. The van der Waals surface area contributed by atoms with Gasteiger partial charge in [-0.05, 0) is 79.2 Å². The van der Waals surface area contributed by atoms with Gasteiger partial charge in [-0.1, -0.05) is 19.9 Å². The van der Waals surface area contributed by atoms with Crippen LogP contribution in [0.4, 0.5) is 4.39 Å². The van der Waals surface area contributed by atoms with E-state index in [1.54, 1.807) is 29.3 Å². The normalized spacial score (nSPS) is 24.4. The number of nitrogens with one attached hydrogen (secondary N) is 1. The molecule has 3 fully saturated rings. The number of methoxy groups -OCH3 is 1. The van der Waals surface area contributed by atoms with Crippen LogP contribution in [0.3, 0.4) is 0 Å². The Morgan fingerprint density at radius 1 is 1.13 bits per heavy atom. The van der Waals surface area contributed by atoms with Crippen molar-refractivity contribution >= 4 is 46.7 Å². The fourth-order valence-electron chi connectivity index (χ4n) is 7.28. The van der Waals surface area contributed by atoms with Crippen molar-refractivity contribution in [2.24, 2.45) is 11.8 Å². The monoisotopic (exact) mass is 686 g/mol. The average molecular weight is 687 g/mol. The number of alkyl halides is 1. The first kappa shape index (κ1) is 33.5. The highest BCUT2D eigenvalue weighted by atomic mass is 32.1. The summed E-state index contributed by atoms with van der Waals surface area (Å²) in [5.74, 6) is -1.73. The zero-order chi connectivity index (χ0) is 33.6. The summed E-state index contributed by atoms with van der Waals surface area (Å²) < 4.78 is 31.9. The first-order valence-electron chi connectivity index (χ1n) is 16.0. The van der Waals surface area contributed by atoms with E-state index >= 15 is 0 Å². The Balaban J connectivity index is 1.20. The first-order chi connectivity index (χ1) is 22.3. The molecule has 3 N–H and O–H groups in total. The summed E-state index contributed by atoms with van der Waals surface area (Å²) in [6, 6.07) is 5.99. The number of hydrogen-bond acceptors (Lipinski definition) is 7. The van der Waals surface area contributed by atoms with Crippen molar-refractivity contribution in [3.8, 4) is 5.75 Å². The number of benzene rings is 1. The molecule has 3 aromatic rings. The van der Waals surface area contributed by atoms with Crippen molar-refractivity contribution in [2.75, 3.05) is 20.2 Å². The van der Waals surface area contributed by atoms with E-state index in [9.17, 15) is 33.1 Å². The van der Waals surface area contributed by atoms with Gasteiger partial charge in [0.2, 0.25) is 17.7 Å². The van der Waals surface area contributed by atoms with Crippen LogP contribution < -0.4 is 10.1 Å².